The molecule has 2 heterocycles. The third-order valence-corrected chi connectivity index (χ3v) is 4.18. The quantitative estimate of drug-likeness (QED) is 0.947. The van der Waals surface area contributed by atoms with Gasteiger partial charge in [0.2, 0.25) is 5.91 Å². The van der Waals surface area contributed by atoms with E-state index in [1.807, 2.05) is 4.57 Å². The van der Waals surface area contributed by atoms with Crippen LogP contribution in [0.5, 0.6) is 0 Å². The van der Waals surface area contributed by atoms with E-state index in [1.165, 1.54) is 12.1 Å². The smallest absolute Gasteiger partial charge is 0.226 e. The number of imidazole rings is 1. The summed E-state index contributed by atoms with van der Waals surface area (Å²) in [5.41, 5.74) is 6.50. The van der Waals surface area contributed by atoms with E-state index in [1.54, 1.807) is 13.1 Å². The summed E-state index contributed by atoms with van der Waals surface area (Å²) in [6.45, 7) is 1.70. The number of fused-ring (bicyclic) bond motifs is 1. The van der Waals surface area contributed by atoms with Crippen LogP contribution in [0.3, 0.4) is 0 Å². The predicted octanol–water partition coefficient (Wildman–Crippen LogP) is 2.68. The summed E-state index contributed by atoms with van der Waals surface area (Å²) in [6, 6.07) is 3.39. The molecule has 0 saturated heterocycles. The molecule has 116 valence electrons. The van der Waals surface area contributed by atoms with Gasteiger partial charge in [0.05, 0.1) is 17.7 Å². The third kappa shape index (κ3) is 2.61. The summed E-state index contributed by atoms with van der Waals surface area (Å²) in [4.78, 5) is 15.8. The Balaban J connectivity index is 2.02. The molecule has 1 aromatic carbocycles. The first-order valence-corrected chi connectivity index (χ1v) is 7.28. The Labute approximate surface area is 127 Å². The van der Waals surface area contributed by atoms with Crippen LogP contribution in [-0.4, -0.2) is 15.5 Å². The molecule has 1 unspecified atom stereocenters. The van der Waals surface area contributed by atoms with Crippen LogP contribution < -0.4 is 5.73 Å². The zero-order valence-electron chi connectivity index (χ0n) is 12.2. The molecule has 0 aliphatic carbocycles. The lowest BCUT2D eigenvalue weighted by Gasteiger charge is -2.25. The molecule has 0 fully saturated rings. The first kappa shape index (κ1) is 14.7. The van der Waals surface area contributed by atoms with Crippen molar-refractivity contribution in [1.29, 1.82) is 0 Å². The highest BCUT2D eigenvalue weighted by molar-refractivity contribution is 5.80. The summed E-state index contributed by atoms with van der Waals surface area (Å²) in [7, 11) is 0. The van der Waals surface area contributed by atoms with E-state index in [-0.39, 0.29) is 6.04 Å². The molecule has 1 aromatic heterocycles. The Morgan fingerprint density at radius 3 is 2.68 bits per heavy atom. The van der Waals surface area contributed by atoms with Gasteiger partial charge < -0.3 is 10.3 Å². The van der Waals surface area contributed by atoms with E-state index < -0.39 is 23.5 Å². The van der Waals surface area contributed by atoms with Crippen LogP contribution in [0.25, 0.3) is 0 Å². The molecule has 1 amide bonds. The highest BCUT2D eigenvalue weighted by Crippen LogP contribution is 2.32. The summed E-state index contributed by atoms with van der Waals surface area (Å²) in [5, 5.41) is 0. The number of aryl methyl sites for hydroxylation is 1. The second-order valence-electron chi connectivity index (χ2n) is 5.72. The van der Waals surface area contributed by atoms with Crippen LogP contribution in [0.4, 0.5) is 8.78 Å². The highest BCUT2D eigenvalue weighted by Gasteiger charge is 2.26. The monoisotopic (exact) mass is 305 g/mol. The Morgan fingerprint density at radius 2 is 2.05 bits per heavy atom. The van der Waals surface area contributed by atoms with Gasteiger partial charge in [0.25, 0.3) is 0 Å². The molecule has 6 heteroatoms. The van der Waals surface area contributed by atoms with Crippen molar-refractivity contribution in [3.05, 3.63) is 53.1 Å². The van der Waals surface area contributed by atoms with Crippen LogP contribution in [-0.2, 0) is 11.2 Å². The van der Waals surface area contributed by atoms with Crippen molar-refractivity contribution in [2.45, 2.75) is 38.1 Å². The zero-order valence-corrected chi connectivity index (χ0v) is 12.2. The van der Waals surface area contributed by atoms with Gasteiger partial charge in [-0.05, 0) is 37.5 Å². The summed E-state index contributed by atoms with van der Waals surface area (Å²) < 4.78 is 28.9. The molecule has 0 bridgehead atoms. The van der Waals surface area contributed by atoms with Gasteiger partial charge in [-0.3, -0.25) is 4.79 Å². The van der Waals surface area contributed by atoms with E-state index >= 15 is 0 Å². The summed E-state index contributed by atoms with van der Waals surface area (Å²) >= 11 is 0. The average Bonchev–Trinajstić information content (AvgIpc) is 2.88. The Hall–Kier alpha value is -2.24. The van der Waals surface area contributed by atoms with E-state index in [9.17, 15) is 13.6 Å². The number of nitrogens with zero attached hydrogens (tertiary/aromatic N) is 2. The maximum absolute atomic E-state index is 13.5. The maximum Gasteiger partial charge on any atom is 0.226 e. The van der Waals surface area contributed by atoms with Crippen molar-refractivity contribution in [1.82, 2.24) is 9.55 Å². The lowest BCUT2D eigenvalue weighted by atomic mass is 9.97. The number of primary amides is 1. The van der Waals surface area contributed by atoms with Crippen LogP contribution in [0.2, 0.25) is 0 Å². The number of hydrogen-bond donors (Lipinski definition) is 1. The zero-order chi connectivity index (χ0) is 15.9. The number of halogens is 2. The van der Waals surface area contributed by atoms with Crippen molar-refractivity contribution in [2.75, 3.05) is 0 Å². The number of amides is 1. The van der Waals surface area contributed by atoms with Gasteiger partial charge in [-0.15, -0.1) is 0 Å². The molecule has 2 N–H and O–H groups in total. The number of rotatable bonds is 3. The number of aromatic nitrogens is 2. The van der Waals surface area contributed by atoms with Crippen molar-refractivity contribution in [3.63, 3.8) is 0 Å². The van der Waals surface area contributed by atoms with E-state index in [4.69, 9.17) is 5.73 Å². The van der Waals surface area contributed by atoms with Crippen LogP contribution in [0.1, 0.15) is 48.8 Å². The molecule has 2 atom stereocenters. The average molecular weight is 305 g/mol. The van der Waals surface area contributed by atoms with E-state index in [2.05, 4.69) is 4.98 Å². The van der Waals surface area contributed by atoms with Crippen LogP contribution in [0.15, 0.2) is 24.4 Å². The van der Waals surface area contributed by atoms with E-state index in [0.717, 1.165) is 31.2 Å². The lowest BCUT2D eigenvalue weighted by Crippen LogP contribution is -2.19. The van der Waals surface area contributed by atoms with Crippen molar-refractivity contribution in [3.8, 4) is 0 Å². The van der Waals surface area contributed by atoms with Gasteiger partial charge >= 0.3 is 0 Å². The normalized spacial score (nSPS) is 18.8. The van der Waals surface area contributed by atoms with Crippen LogP contribution >= 0.6 is 0 Å². The molecular formula is C16H17F2N3O. The fraction of sp³-hybridized carbons (Fsp3) is 0.375. The number of carbonyl (C=O) groups excluding carboxylic acids is 1. The van der Waals surface area contributed by atoms with Gasteiger partial charge in [0.1, 0.15) is 17.5 Å². The number of hydrogen-bond acceptors (Lipinski definition) is 2. The molecule has 2 aromatic rings. The van der Waals surface area contributed by atoms with Gasteiger partial charge in [-0.1, -0.05) is 0 Å². The van der Waals surface area contributed by atoms with Crippen LogP contribution in [0, 0.1) is 11.6 Å². The second kappa shape index (κ2) is 5.51. The fourth-order valence-electron chi connectivity index (χ4n) is 2.95. The summed E-state index contributed by atoms with van der Waals surface area (Å²) in [6.07, 6.45) is 4.21. The minimum Gasteiger partial charge on any atom is -0.369 e. The highest BCUT2D eigenvalue weighted by atomic mass is 19.1. The molecule has 3 rings (SSSR count). The third-order valence-electron chi connectivity index (χ3n) is 4.18. The van der Waals surface area contributed by atoms with E-state index in [0.29, 0.717) is 11.3 Å². The molecular weight excluding hydrogens is 288 g/mol. The van der Waals surface area contributed by atoms with Gasteiger partial charge in [0.15, 0.2) is 0 Å². The molecule has 0 radical (unpaired) electrons. The minimum atomic E-state index is -0.590. The second-order valence-corrected chi connectivity index (χ2v) is 5.72. The van der Waals surface area contributed by atoms with Crippen molar-refractivity contribution in [2.24, 2.45) is 5.73 Å². The molecule has 22 heavy (non-hydrogen) atoms. The Bertz CT molecular complexity index is 706. The molecule has 4 nitrogen and oxygen atoms in total. The predicted molar refractivity (Wildman–Crippen MR) is 77.3 cm³/mol. The largest absolute Gasteiger partial charge is 0.369 e. The SMILES string of the molecule is CC(C(N)=O)c1cn2c(n1)CCC[C@@H]2c1cc(F)cc(F)c1. The topological polar surface area (TPSA) is 60.9 Å². The summed E-state index contributed by atoms with van der Waals surface area (Å²) in [5.74, 6) is -1.28. The molecule has 1 aliphatic rings. The van der Waals surface area contributed by atoms with Crippen molar-refractivity contribution < 1.29 is 13.6 Å². The number of benzene rings is 1. The maximum atomic E-state index is 13.5. The lowest BCUT2D eigenvalue weighted by molar-refractivity contribution is -0.119. The number of carbonyl (C=O) groups is 1. The van der Waals surface area contributed by atoms with Crippen molar-refractivity contribution >= 4 is 5.91 Å². The molecule has 1 aliphatic heterocycles. The number of nitrogens with two attached hydrogens (primary N) is 1. The van der Waals surface area contributed by atoms with Gasteiger partial charge in [0, 0.05) is 18.7 Å². The first-order chi connectivity index (χ1) is 10.5. The Morgan fingerprint density at radius 1 is 1.36 bits per heavy atom. The minimum absolute atomic E-state index is 0.171. The molecule has 0 saturated carbocycles. The van der Waals surface area contributed by atoms with Gasteiger partial charge in [-0.2, -0.15) is 0 Å². The van der Waals surface area contributed by atoms with Gasteiger partial charge in [-0.25, -0.2) is 13.8 Å². The Kier molecular flexibility index (Phi) is 3.68. The fourth-order valence-corrected chi connectivity index (χ4v) is 2.95. The standard InChI is InChI=1S/C16H17F2N3O/c1-9(16(19)22)13-8-21-14(3-2-4-15(21)20-13)10-5-11(17)7-12(18)6-10/h5-9,14H,2-4H2,1H3,(H2,19,22)/t9?,14-/m1/s1. The first-order valence-electron chi connectivity index (χ1n) is 7.28. The molecule has 0 spiro atoms.